The second-order valence-electron chi connectivity index (χ2n) is 5.04. The number of para-hydroxylation sites is 1. The highest BCUT2D eigenvalue weighted by Crippen LogP contribution is 2.21. The molecule has 0 aliphatic carbocycles. The summed E-state index contributed by atoms with van der Waals surface area (Å²) in [5, 5.41) is 4.08. The van der Waals surface area contributed by atoms with Gasteiger partial charge in [0.05, 0.1) is 0 Å². The van der Waals surface area contributed by atoms with Crippen molar-refractivity contribution >= 4 is 16.8 Å². The van der Waals surface area contributed by atoms with Crippen molar-refractivity contribution in [2.45, 2.75) is 39.4 Å². The zero-order chi connectivity index (χ0) is 13.8. The third kappa shape index (κ3) is 3.15. The summed E-state index contributed by atoms with van der Waals surface area (Å²) >= 11 is 0. The van der Waals surface area contributed by atoms with Gasteiger partial charge in [0.15, 0.2) is 0 Å². The standard InChI is InChI=1S/C15H21N3O/c1-11(2)17-15(19)7-8-18-10-12(9-16)13-5-3-4-6-14(13)18/h3-6,10-11H,7-9,16H2,1-2H3,(H,17,19). The summed E-state index contributed by atoms with van der Waals surface area (Å²) in [5.74, 6) is 0.0853. The molecule has 0 saturated carbocycles. The maximum atomic E-state index is 11.7. The van der Waals surface area contributed by atoms with E-state index in [1.807, 2.05) is 32.2 Å². The average molecular weight is 259 g/mol. The molecule has 1 aromatic carbocycles. The molecule has 19 heavy (non-hydrogen) atoms. The molecule has 0 saturated heterocycles. The number of nitrogens with zero attached hydrogens (tertiary/aromatic N) is 1. The smallest absolute Gasteiger partial charge is 0.221 e. The molecule has 0 fully saturated rings. The minimum atomic E-state index is 0.0853. The van der Waals surface area contributed by atoms with Crippen LogP contribution >= 0.6 is 0 Å². The lowest BCUT2D eigenvalue weighted by Gasteiger charge is -2.09. The Bertz CT molecular complexity index is 572. The molecule has 2 rings (SSSR count). The molecule has 1 heterocycles. The van der Waals surface area contributed by atoms with Gasteiger partial charge in [0.1, 0.15) is 0 Å². The van der Waals surface area contributed by atoms with Crippen molar-refractivity contribution in [3.8, 4) is 0 Å². The van der Waals surface area contributed by atoms with Gasteiger partial charge in [-0.3, -0.25) is 4.79 Å². The highest BCUT2D eigenvalue weighted by atomic mass is 16.1. The molecular weight excluding hydrogens is 238 g/mol. The van der Waals surface area contributed by atoms with E-state index < -0.39 is 0 Å². The Kier molecular flexibility index (Phi) is 4.22. The number of aryl methyl sites for hydroxylation is 1. The molecule has 1 amide bonds. The molecule has 4 heteroatoms. The van der Waals surface area contributed by atoms with E-state index in [4.69, 9.17) is 5.73 Å². The maximum Gasteiger partial charge on any atom is 0.221 e. The SMILES string of the molecule is CC(C)NC(=O)CCn1cc(CN)c2ccccc21. The number of hydrogen-bond acceptors (Lipinski definition) is 2. The molecule has 0 aliphatic heterocycles. The Morgan fingerprint density at radius 1 is 1.37 bits per heavy atom. The van der Waals surface area contributed by atoms with Crippen LogP contribution in [0.5, 0.6) is 0 Å². The fraction of sp³-hybridized carbons (Fsp3) is 0.400. The van der Waals surface area contributed by atoms with Crippen LogP contribution in [0.1, 0.15) is 25.8 Å². The third-order valence-electron chi connectivity index (χ3n) is 3.12. The molecule has 4 nitrogen and oxygen atoms in total. The molecule has 3 N–H and O–H groups in total. The lowest BCUT2D eigenvalue weighted by atomic mass is 10.2. The largest absolute Gasteiger partial charge is 0.354 e. The number of carbonyl (C=O) groups is 1. The van der Waals surface area contributed by atoms with E-state index in [2.05, 4.69) is 22.0 Å². The van der Waals surface area contributed by atoms with Crippen molar-refractivity contribution in [2.75, 3.05) is 0 Å². The van der Waals surface area contributed by atoms with Crippen molar-refractivity contribution in [3.05, 3.63) is 36.0 Å². The summed E-state index contributed by atoms with van der Waals surface area (Å²) in [5.41, 5.74) is 8.02. The summed E-state index contributed by atoms with van der Waals surface area (Å²) in [7, 11) is 0. The fourth-order valence-electron chi connectivity index (χ4n) is 2.29. The first kappa shape index (κ1) is 13.6. The number of benzene rings is 1. The van der Waals surface area contributed by atoms with E-state index in [1.54, 1.807) is 0 Å². The van der Waals surface area contributed by atoms with E-state index in [0.29, 0.717) is 19.5 Å². The molecule has 0 atom stereocenters. The zero-order valence-corrected chi connectivity index (χ0v) is 11.5. The van der Waals surface area contributed by atoms with Gasteiger partial charge in [-0.25, -0.2) is 0 Å². The minimum absolute atomic E-state index is 0.0853. The summed E-state index contributed by atoms with van der Waals surface area (Å²) < 4.78 is 2.11. The van der Waals surface area contributed by atoms with Gasteiger partial charge in [0.25, 0.3) is 0 Å². The first-order valence-electron chi connectivity index (χ1n) is 6.68. The molecule has 0 spiro atoms. The van der Waals surface area contributed by atoms with Crippen LogP contribution < -0.4 is 11.1 Å². The van der Waals surface area contributed by atoms with Crippen molar-refractivity contribution in [3.63, 3.8) is 0 Å². The lowest BCUT2D eigenvalue weighted by Crippen LogP contribution is -2.30. The lowest BCUT2D eigenvalue weighted by molar-refractivity contribution is -0.121. The third-order valence-corrected chi connectivity index (χ3v) is 3.12. The van der Waals surface area contributed by atoms with Gasteiger partial charge in [-0.05, 0) is 25.5 Å². The van der Waals surface area contributed by atoms with Gasteiger partial charge in [0.2, 0.25) is 5.91 Å². The Morgan fingerprint density at radius 2 is 2.11 bits per heavy atom. The average Bonchev–Trinajstić information content (AvgIpc) is 2.74. The number of hydrogen-bond donors (Lipinski definition) is 2. The van der Waals surface area contributed by atoms with Crippen LogP contribution in [0, 0.1) is 0 Å². The number of fused-ring (bicyclic) bond motifs is 1. The fourth-order valence-corrected chi connectivity index (χ4v) is 2.29. The Balaban J connectivity index is 2.15. The number of rotatable bonds is 5. The van der Waals surface area contributed by atoms with E-state index >= 15 is 0 Å². The van der Waals surface area contributed by atoms with Crippen LogP contribution in [0.4, 0.5) is 0 Å². The van der Waals surface area contributed by atoms with Crippen molar-refractivity contribution in [2.24, 2.45) is 5.73 Å². The monoisotopic (exact) mass is 259 g/mol. The summed E-state index contributed by atoms with van der Waals surface area (Å²) in [6, 6.07) is 8.34. The number of nitrogens with one attached hydrogen (secondary N) is 1. The topological polar surface area (TPSA) is 60.0 Å². The van der Waals surface area contributed by atoms with Gasteiger partial charge >= 0.3 is 0 Å². The van der Waals surface area contributed by atoms with Gasteiger partial charge in [0, 0.05) is 42.7 Å². The van der Waals surface area contributed by atoms with Crippen LogP contribution in [0.25, 0.3) is 10.9 Å². The van der Waals surface area contributed by atoms with Crippen LogP contribution in [0.2, 0.25) is 0 Å². The number of aromatic nitrogens is 1. The molecule has 102 valence electrons. The Hall–Kier alpha value is -1.81. The Labute approximate surface area is 113 Å². The summed E-state index contributed by atoms with van der Waals surface area (Å²) in [6.45, 7) is 5.13. The minimum Gasteiger partial charge on any atom is -0.354 e. The predicted molar refractivity (Wildman–Crippen MR) is 77.7 cm³/mol. The molecule has 0 aliphatic rings. The highest BCUT2D eigenvalue weighted by Gasteiger charge is 2.08. The number of amides is 1. The van der Waals surface area contributed by atoms with Crippen molar-refractivity contribution in [1.29, 1.82) is 0 Å². The molecule has 0 bridgehead atoms. The molecule has 2 aromatic rings. The van der Waals surface area contributed by atoms with Crippen molar-refractivity contribution < 1.29 is 4.79 Å². The summed E-state index contributed by atoms with van der Waals surface area (Å²) in [4.78, 5) is 11.7. The van der Waals surface area contributed by atoms with Crippen LogP contribution in [0.3, 0.4) is 0 Å². The van der Waals surface area contributed by atoms with E-state index in [1.165, 1.54) is 5.39 Å². The quantitative estimate of drug-likeness (QED) is 0.863. The zero-order valence-electron chi connectivity index (χ0n) is 11.5. The van der Waals surface area contributed by atoms with Crippen molar-refractivity contribution in [1.82, 2.24) is 9.88 Å². The molecule has 0 radical (unpaired) electrons. The first-order chi connectivity index (χ1) is 9.11. The van der Waals surface area contributed by atoms with Crippen LogP contribution in [-0.4, -0.2) is 16.5 Å². The molecule has 0 unspecified atom stereocenters. The van der Waals surface area contributed by atoms with E-state index in [0.717, 1.165) is 11.1 Å². The normalized spacial score (nSPS) is 11.2. The number of nitrogens with two attached hydrogens (primary N) is 1. The van der Waals surface area contributed by atoms with Gasteiger partial charge in [-0.2, -0.15) is 0 Å². The highest BCUT2D eigenvalue weighted by molar-refractivity contribution is 5.84. The molecular formula is C15H21N3O. The van der Waals surface area contributed by atoms with Crippen LogP contribution in [0.15, 0.2) is 30.5 Å². The second-order valence-corrected chi connectivity index (χ2v) is 5.04. The number of carbonyl (C=O) groups excluding carboxylic acids is 1. The Morgan fingerprint density at radius 3 is 2.79 bits per heavy atom. The first-order valence-corrected chi connectivity index (χ1v) is 6.68. The van der Waals surface area contributed by atoms with Crippen LogP contribution in [-0.2, 0) is 17.9 Å². The van der Waals surface area contributed by atoms with Gasteiger partial charge in [-0.1, -0.05) is 18.2 Å². The van der Waals surface area contributed by atoms with Gasteiger partial charge < -0.3 is 15.6 Å². The predicted octanol–water partition coefficient (Wildman–Crippen LogP) is 2.01. The molecule has 1 aromatic heterocycles. The van der Waals surface area contributed by atoms with E-state index in [9.17, 15) is 4.79 Å². The summed E-state index contributed by atoms with van der Waals surface area (Å²) in [6.07, 6.45) is 2.54. The van der Waals surface area contributed by atoms with Gasteiger partial charge in [-0.15, -0.1) is 0 Å². The van der Waals surface area contributed by atoms with E-state index in [-0.39, 0.29) is 11.9 Å². The second kappa shape index (κ2) is 5.89. The maximum absolute atomic E-state index is 11.7.